The Hall–Kier alpha value is -2.37. The van der Waals surface area contributed by atoms with E-state index in [2.05, 4.69) is 82.7 Å². The number of aliphatic imine (C=N–C) groups is 1. The molecular weight excluding hydrogens is 372 g/mol. The Morgan fingerprint density at radius 1 is 1.00 bits per heavy atom. The molecule has 2 saturated heterocycles. The fourth-order valence-electron chi connectivity index (χ4n) is 4.42. The molecule has 0 bridgehead atoms. The molecule has 0 amide bonds. The lowest BCUT2D eigenvalue weighted by molar-refractivity contribution is 0.0924. The summed E-state index contributed by atoms with van der Waals surface area (Å²) in [4.78, 5) is 9.99. The van der Waals surface area contributed by atoms with Crippen molar-refractivity contribution in [3.63, 3.8) is 0 Å². The number of hydrogen-bond donors (Lipinski definition) is 1. The number of rotatable bonds is 6. The van der Waals surface area contributed by atoms with Gasteiger partial charge in [-0.1, -0.05) is 60.7 Å². The lowest BCUT2D eigenvalue weighted by Gasteiger charge is -2.36. The van der Waals surface area contributed by atoms with E-state index < -0.39 is 0 Å². The Kier molecular flexibility index (Phi) is 7.38. The number of hydrogen-bond acceptors (Lipinski definition) is 3. The van der Waals surface area contributed by atoms with Crippen LogP contribution in [0.5, 0.6) is 0 Å². The maximum atomic E-state index is 6.05. The highest BCUT2D eigenvalue weighted by Gasteiger charge is 2.30. The van der Waals surface area contributed by atoms with Gasteiger partial charge in [0.1, 0.15) is 0 Å². The van der Waals surface area contributed by atoms with Crippen LogP contribution in [0.1, 0.15) is 30.6 Å². The maximum absolute atomic E-state index is 6.05. The van der Waals surface area contributed by atoms with E-state index in [1.165, 1.54) is 11.1 Å². The molecule has 5 nitrogen and oxygen atoms in total. The summed E-state index contributed by atoms with van der Waals surface area (Å²) in [6, 6.07) is 21.3. The van der Waals surface area contributed by atoms with Gasteiger partial charge in [-0.2, -0.15) is 0 Å². The number of guanidine groups is 1. The lowest BCUT2D eigenvalue weighted by Crippen LogP contribution is -2.52. The van der Waals surface area contributed by atoms with E-state index in [9.17, 15) is 0 Å². The molecule has 0 saturated carbocycles. The smallest absolute Gasteiger partial charge is 0.194 e. The Bertz CT molecular complexity index is 787. The van der Waals surface area contributed by atoms with E-state index in [0.29, 0.717) is 5.92 Å². The van der Waals surface area contributed by atoms with Crippen LogP contribution in [0.15, 0.2) is 65.7 Å². The van der Waals surface area contributed by atoms with Crippen molar-refractivity contribution in [3.05, 3.63) is 71.8 Å². The third kappa shape index (κ3) is 5.41. The zero-order valence-corrected chi connectivity index (χ0v) is 18.0. The molecule has 30 heavy (non-hydrogen) atoms. The molecule has 160 valence electrons. The van der Waals surface area contributed by atoms with Crippen LogP contribution < -0.4 is 5.32 Å². The van der Waals surface area contributed by atoms with Crippen LogP contribution in [0.2, 0.25) is 0 Å². The third-order valence-electron chi connectivity index (χ3n) is 6.07. The molecule has 2 aromatic carbocycles. The van der Waals surface area contributed by atoms with Crippen molar-refractivity contribution in [2.24, 2.45) is 10.9 Å². The van der Waals surface area contributed by atoms with Crippen molar-refractivity contribution in [2.75, 3.05) is 45.9 Å². The van der Waals surface area contributed by atoms with Gasteiger partial charge in [0.2, 0.25) is 0 Å². The molecule has 4 rings (SSSR count). The van der Waals surface area contributed by atoms with Crippen LogP contribution in [0.3, 0.4) is 0 Å². The highest BCUT2D eigenvalue weighted by atomic mass is 16.5. The van der Waals surface area contributed by atoms with Crippen LogP contribution in [0.4, 0.5) is 0 Å². The molecule has 2 aromatic rings. The molecule has 5 heteroatoms. The van der Waals surface area contributed by atoms with Crippen LogP contribution in [0.25, 0.3) is 0 Å². The van der Waals surface area contributed by atoms with Crippen molar-refractivity contribution in [1.29, 1.82) is 0 Å². The summed E-state index contributed by atoms with van der Waals surface area (Å²) in [6.45, 7) is 9.88. The van der Waals surface area contributed by atoms with Crippen LogP contribution in [-0.4, -0.2) is 61.6 Å². The molecule has 0 spiro atoms. The number of benzene rings is 2. The van der Waals surface area contributed by atoms with Crippen LogP contribution >= 0.6 is 0 Å². The average molecular weight is 407 g/mol. The van der Waals surface area contributed by atoms with Crippen molar-refractivity contribution in [2.45, 2.75) is 26.0 Å². The molecule has 0 aliphatic carbocycles. The normalized spacial score (nSPS) is 23.0. The van der Waals surface area contributed by atoms with E-state index in [1.54, 1.807) is 0 Å². The van der Waals surface area contributed by atoms with Gasteiger partial charge in [0.05, 0.1) is 6.10 Å². The van der Waals surface area contributed by atoms with Gasteiger partial charge in [-0.3, -0.25) is 9.89 Å². The predicted octanol–water partition coefficient (Wildman–Crippen LogP) is 3.55. The van der Waals surface area contributed by atoms with Gasteiger partial charge in [-0.25, -0.2) is 0 Å². The Morgan fingerprint density at radius 2 is 1.70 bits per heavy atom. The van der Waals surface area contributed by atoms with Crippen molar-refractivity contribution >= 4 is 5.96 Å². The molecule has 0 radical (unpaired) electrons. The first-order valence-electron chi connectivity index (χ1n) is 11.3. The summed E-state index contributed by atoms with van der Waals surface area (Å²) < 4.78 is 6.05. The third-order valence-corrected chi connectivity index (χ3v) is 6.07. The van der Waals surface area contributed by atoms with Gasteiger partial charge in [-0.05, 0) is 24.5 Å². The van der Waals surface area contributed by atoms with Crippen LogP contribution in [-0.2, 0) is 11.3 Å². The zero-order valence-electron chi connectivity index (χ0n) is 18.0. The summed E-state index contributed by atoms with van der Waals surface area (Å²) in [5, 5.41) is 3.51. The highest BCUT2D eigenvalue weighted by molar-refractivity contribution is 5.80. The molecular formula is C25H34N4O. The van der Waals surface area contributed by atoms with E-state index in [1.807, 2.05) is 0 Å². The quantitative estimate of drug-likeness (QED) is 0.588. The first-order chi connectivity index (χ1) is 14.8. The first kappa shape index (κ1) is 20.9. The average Bonchev–Trinajstić information content (AvgIpc) is 3.27. The van der Waals surface area contributed by atoms with Crippen molar-refractivity contribution in [3.8, 4) is 0 Å². The molecule has 2 aliphatic rings. The largest absolute Gasteiger partial charge is 0.373 e. The second-order valence-corrected chi connectivity index (χ2v) is 8.19. The molecule has 2 unspecified atom stereocenters. The second kappa shape index (κ2) is 10.6. The Balaban J connectivity index is 1.34. The second-order valence-electron chi connectivity index (χ2n) is 8.19. The first-order valence-corrected chi connectivity index (χ1v) is 11.3. The predicted molar refractivity (Wildman–Crippen MR) is 123 cm³/mol. The number of nitrogens with one attached hydrogen (secondary N) is 1. The summed E-state index contributed by atoms with van der Waals surface area (Å²) in [6.07, 6.45) is 1.24. The van der Waals surface area contributed by atoms with Gasteiger partial charge in [0, 0.05) is 58.3 Å². The molecule has 2 atom stereocenters. The van der Waals surface area contributed by atoms with E-state index >= 15 is 0 Å². The van der Waals surface area contributed by atoms with Gasteiger partial charge < -0.3 is 15.0 Å². The fourth-order valence-corrected chi connectivity index (χ4v) is 4.42. The molecule has 0 aromatic heterocycles. The van der Waals surface area contributed by atoms with Crippen LogP contribution in [0, 0.1) is 5.92 Å². The summed E-state index contributed by atoms with van der Waals surface area (Å²) in [7, 11) is 0. The van der Waals surface area contributed by atoms with Gasteiger partial charge in [0.25, 0.3) is 0 Å². The van der Waals surface area contributed by atoms with Gasteiger partial charge in [0.15, 0.2) is 5.96 Å². The highest BCUT2D eigenvalue weighted by Crippen LogP contribution is 2.34. The molecule has 2 fully saturated rings. The molecule has 2 heterocycles. The standard InChI is InChI=1S/C25H34N4O/c1-2-26-25(27-19-23-13-18-30-24(23)22-11-7-4-8-12-22)29-16-14-28(15-17-29)20-21-9-5-3-6-10-21/h3-12,23-24H,2,13-20H2,1H3,(H,26,27). The van der Waals surface area contributed by atoms with E-state index in [-0.39, 0.29) is 6.10 Å². The monoisotopic (exact) mass is 406 g/mol. The SMILES string of the molecule is CCNC(=NCC1CCOC1c1ccccc1)N1CCN(Cc2ccccc2)CC1. The van der Waals surface area contributed by atoms with Gasteiger partial charge >= 0.3 is 0 Å². The van der Waals surface area contributed by atoms with E-state index in [4.69, 9.17) is 9.73 Å². The minimum absolute atomic E-state index is 0.167. The summed E-state index contributed by atoms with van der Waals surface area (Å²) in [5.41, 5.74) is 2.66. The molecule has 2 aliphatic heterocycles. The zero-order chi connectivity index (χ0) is 20.6. The van der Waals surface area contributed by atoms with Crippen molar-refractivity contribution in [1.82, 2.24) is 15.1 Å². The Labute approximate surface area is 180 Å². The Morgan fingerprint density at radius 3 is 2.40 bits per heavy atom. The summed E-state index contributed by atoms with van der Waals surface area (Å²) in [5.74, 6) is 1.50. The number of nitrogens with zero attached hydrogens (tertiary/aromatic N) is 3. The molecule has 1 N–H and O–H groups in total. The van der Waals surface area contributed by atoms with Gasteiger partial charge in [-0.15, -0.1) is 0 Å². The minimum Gasteiger partial charge on any atom is -0.373 e. The van der Waals surface area contributed by atoms with E-state index in [0.717, 1.165) is 64.8 Å². The fraction of sp³-hybridized carbons (Fsp3) is 0.480. The topological polar surface area (TPSA) is 40.1 Å². The minimum atomic E-state index is 0.167. The number of ether oxygens (including phenoxy) is 1. The maximum Gasteiger partial charge on any atom is 0.194 e. The van der Waals surface area contributed by atoms with Crippen molar-refractivity contribution < 1.29 is 4.74 Å². The lowest BCUT2D eigenvalue weighted by atomic mass is 9.95. The summed E-state index contributed by atoms with van der Waals surface area (Å²) >= 11 is 0. The number of piperazine rings is 1.